The molecule has 4 atom stereocenters. The molecule has 2 heterocycles. The van der Waals surface area contributed by atoms with E-state index >= 15 is 0 Å². The lowest BCUT2D eigenvalue weighted by atomic mass is 9.52. The van der Waals surface area contributed by atoms with E-state index in [1.54, 1.807) is 19.1 Å². The highest BCUT2D eigenvalue weighted by Gasteiger charge is 2.79. The van der Waals surface area contributed by atoms with Gasteiger partial charge in [-0.15, -0.1) is 0 Å². The summed E-state index contributed by atoms with van der Waals surface area (Å²) in [5.41, 5.74) is -1.42. The molecule has 2 bridgehead atoms. The Balaban J connectivity index is 1.98. The first-order valence-corrected chi connectivity index (χ1v) is 10.1. The first-order chi connectivity index (χ1) is 14.8. The molecule has 4 unspecified atom stereocenters. The SMILES string of the molecule is CC(C)c1ccc(C2OC3(C)OC(=N)C(C#N)(C3c3ccccc3)C2(C#N)C#N)cc1. The Morgan fingerprint density at radius 3 is 2.03 bits per heavy atom. The molecule has 2 aromatic carbocycles. The van der Waals surface area contributed by atoms with E-state index in [2.05, 4.69) is 32.1 Å². The minimum Gasteiger partial charge on any atom is -0.447 e. The lowest BCUT2D eigenvalue weighted by molar-refractivity contribution is -0.253. The second-order valence-corrected chi connectivity index (χ2v) is 8.56. The van der Waals surface area contributed by atoms with Crippen LogP contribution in [0.3, 0.4) is 0 Å². The monoisotopic (exact) mass is 410 g/mol. The van der Waals surface area contributed by atoms with Crippen LogP contribution in [0.1, 0.15) is 55.4 Å². The molecule has 1 N–H and O–H groups in total. The van der Waals surface area contributed by atoms with Crippen molar-refractivity contribution >= 4 is 5.90 Å². The Labute approximate surface area is 181 Å². The zero-order valence-corrected chi connectivity index (χ0v) is 17.6. The highest BCUT2D eigenvalue weighted by atomic mass is 16.7. The van der Waals surface area contributed by atoms with E-state index in [1.807, 2.05) is 42.5 Å². The average molecular weight is 410 g/mol. The molecule has 2 aliphatic rings. The predicted octanol–water partition coefficient (Wildman–Crippen LogP) is 4.93. The van der Waals surface area contributed by atoms with Crippen LogP contribution in [-0.2, 0) is 9.47 Å². The van der Waals surface area contributed by atoms with Gasteiger partial charge in [-0.25, -0.2) is 0 Å². The minimum atomic E-state index is -1.98. The molecular formula is C25H22N4O2. The summed E-state index contributed by atoms with van der Waals surface area (Å²) in [7, 11) is 0. The van der Waals surface area contributed by atoms with Crippen molar-refractivity contribution < 1.29 is 9.47 Å². The Morgan fingerprint density at radius 2 is 1.52 bits per heavy atom. The van der Waals surface area contributed by atoms with E-state index < -0.39 is 34.5 Å². The molecule has 2 fully saturated rings. The molecule has 0 aromatic heterocycles. The van der Waals surface area contributed by atoms with Crippen molar-refractivity contribution in [3.05, 3.63) is 71.3 Å². The number of nitriles is 3. The van der Waals surface area contributed by atoms with Gasteiger partial charge in [-0.1, -0.05) is 68.4 Å². The zero-order valence-electron chi connectivity index (χ0n) is 17.6. The van der Waals surface area contributed by atoms with E-state index in [4.69, 9.17) is 14.9 Å². The van der Waals surface area contributed by atoms with Crippen LogP contribution in [0.15, 0.2) is 54.6 Å². The van der Waals surface area contributed by atoms with Crippen molar-refractivity contribution in [2.24, 2.45) is 10.8 Å². The van der Waals surface area contributed by atoms with Crippen molar-refractivity contribution in [1.29, 1.82) is 21.2 Å². The summed E-state index contributed by atoms with van der Waals surface area (Å²) >= 11 is 0. The van der Waals surface area contributed by atoms with Crippen LogP contribution in [-0.4, -0.2) is 11.7 Å². The number of benzene rings is 2. The Hall–Kier alpha value is -3.66. The normalized spacial score (nSPS) is 30.7. The molecule has 4 rings (SSSR count). The number of hydrogen-bond donors (Lipinski definition) is 1. The van der Waals surface area contributed by atoms with Gasteiger partial charge in [0.15, 0.2) is 5.41 Å². The number of rotatable bonds is 3. The maximum absolute atomic E-state index is 10.4. The molecule has 6 nitrogen and oxygen atoms in total. The molecule has 6 heteroatoms. The first-order valence-electron chi connectivity index (χ1n) is 10.1. The molecule has 154 valence electrons. The maximum Gasteiger partial charge on any atom is 0.218 e. The second-order valence-electron chi connectivity index (χ2n) is 8.56. The molecule has 2 aliphatic heterocycles. The first kappa shape index (κ1) is 20.6. The molecule has 0 spiro atoms. The fraction of sp³-hybridized carbons (Fsp3) is 0.360. The fourth-order valence-corrected chi connectivity index (χ4v) is 4.99. The topological polar surface area (TPSA) is 114 Å². The minimum absolute atomic E-state index is 0.316. The zero-order chi connectivity index (χ0) is 22.4. The van der Waals surface area contributed by atoms with Crippen LogP contribution < -0.4 is 0 Å². The molecule has 0 radical (unpaired) electrons. The van der Waals surface area contributed by atoms with Crippen molar-refractivity contribution in [3.63, 3.8) is 0 Å². The molecule has 0 saturated carbocycles. The summed E-state index contributed by atoms with van der Waals surface area (Å²) in [5.74, 6) is -2.29. The summed E-state index contributed by atoms with van der Waals surface area (Å²) in [6.45, 7) is 5.82. The predicted molar refractivity (Wildman–Crippen MR) is 112 cm³/mol. The van der Waals surface area contributed by atoms with E-state index in [0.29, 0.717) is 17.0 Å². The largest absolute Gasteiger partial charge is 0.447 e. The number of nitrogens with zero attached hydrogens (tertiary/aromatic N) is 3. The summed E-state index contributed by atoms with van der Waals surface area (Å²) in [5, 5.41) is 39.7. The van der Waals surface area contributed by atoms with Gasteiger partial charge in [0, 0.05) is 6.92 Å². The number of fused-ring (bicyclic) bond motifs is 2. The van der Waals surface area contributed by atoms with Gasteiger partial charge >= 0.3 is 0 Å². The van der Waals surface area contributed by atoms with E-state index in [0.717, 1.165) is 5.56 Å². The summed E-state index contributed by atoms with van der Waals surface area (Å²) in [6, 6.07) is 22.9. The van der Waals surface area contributed by atoms with Crippen LogP contribution in [0.5, 0.6) is 0 Å². The lowest BCUT2D eigenvalue weighted by Gasteiger charge is -2.48. The van der Waals surface area contributed by atoms with E-state index in [9.17, 15) is 15.8 Å². The maximum atomic E-state index is 10.4. The second kappa shape index (κ2) is 6.95. The molecule has 0 amide bonds. The number of ether oxygens (including phenoxy) is 2. The lowest BCUT2D eigenvalue weighted by Crippen LogP contribution is -2.57. The summed E-state index contributed by atoms with van der Waals surface area (Å²) in [6.07, 6.45) is -1.06. The Kier molecular flexibility index (Phi) is 4.62. The summed E-state index contributed by atoms with van der Waals surface area (Å²) in [4.78, 5) is 0. The third kappa shape index (κ3) is 2.54. The highest BCUT2D eigenvalue weighted by molar-refractivity contribution is 5.90. The number of nitrogens with one attached hydrogen (secondary N) is 1. The van der Waals surface area contributed by atoms with Crippen LogP contribution in [0, 0.1) is 50.2 Å². The molecule has 2 saturated heterocycles. The smallest absolute Gasteiger partial charge is 0.218 e. The van der Waals surface area contributed by atoms with Gasteiger partial charge < -0.3 is 9.47 Å². The Morgan fingerprint density at radius 1 is 0.903 bits per heavy atom. The number of hydrogen-bond acceptors (Lipinski definition) is 6. The van der Waals surface area contributed by atoms with Crippen LogP contribution >= 0.6 is 0 Å². The third-order valence-corrected chi connectivity index (χ3v) is 6.56. The van der Waals surface area contributed by atoms with Gasteiger partial charge in [-0.2, -0.15) is 15.8 Å². The fourth-order valence-electron chi connectivity index (χ4n) is 4.99. The quantitative estimate of drug-likeness (QED) is 0.770. The molecule has 0 aliphatic carbocycles. The van der Waals surface area contributed by atoms with Crippen molar-refractivity contribution in [1.82, 2.24) is 0 Å². The summed E-state index contributed by atoms with van der Waals surface area (Å²) < 4.78 is 12.2. The van der Waals surface area contributed by atoms with E-state index in [-0.39, 0.29) is 0 Å². The Bertz CT molecular complexity index is 1140. The van der Waals surface area contributed by atoms with Gasteiger partial charge in [-0.05, 0) is 22.6 Å². The van der Waals surface area contributed by atoms with Crippen molar-refractivity contribution in [2.75, 3.05) is 0 Å². The average Bonchev–Trinajstić information content (AvgIpc) is 2.97. The highest BCUT2D eigenvalue weighted by Crippen LogP contribution is 2.69. The molecular weight excluding hydrogens is 388 g/mol. The van der Waals surface area contributed by atoms with Crippen LogP contribution in [0.2, 0.25) is 0 Å². The van der Waals surface area contributed by atoms with Gasteiger partial charge in [0.2, 0.25) is 17.1 Å². The van der Waals surface area contributed by atoms with Gasteiger partial charge in [0.05, 0.1) is 24.1 Å². The van der Waals surface area contributed by atoms with E-state index in [1.165, 1.54) is 0 Å². The van der Waals surface area contributed by atoms with Crippen LogP contribution in [0.25, 0.3) is 0 Å². The van der Waals surface area contributed by atoms with Gasteiger partial charge in [-0.3, -0.25) is 5.41 Å². The van der Waals surface area contributed by atoms with Crippen LogP contribution in [0.4, 0.5) is 0 Å². The van der Waals surface area contributed by atoms with Gasteiger partial charge in [0.25, 0.3) is 0 Å². The molecule has 2 aromatic rings. The molecule has 31 heavy (non-hydrogen) atoms. The third-order valence-electron chi connectivity index (χ3n) is 6.56. The van der Waals surface area contributed by atoms with Crippen molar-refractivity contribution in [2.45, 2.75) is 44.5 Å². The van der Waals surface area contributed by atoms with Gasteiger partial charge in [0.1, 0.15) is 6.10 Å². The van der Waals surface area contributed by atoms with Crippen molar-refractivity contribution in [3.8, 4) is 18.2 Å². The standard InChI is InChI=1S/C25H22N4O2/c1-16(2)17-9-11-19(12-10-17)21-24(13-26,14-27)25(15-28)20(18-7-5-4-6-8-18)23(3,30-21)31-22(25)29/h4-12,16,20-21,29H,1-3H3.